The van der Waals surface area contributed by atoms with Gasteiger partial charge in [-0.3, -0.25) is 19.1 Å². The second kappa shape index (κ2) is 9.84. The van der Waals surface area contributed by atoms with Gasteiger partial charge in [0.15, 0.2) is 17.6 Å². The molecule has 11 heteroatoms. The maximum Gasteiger partial charge on any atom is 0.327 e. The number of urea groups is 1. The molecule has 0 spiro atoms. The summed E-state index contributed by atoms with van der Waals surface area (Å²) in [5, 5.41) is 3.11. The van der Waals surface area contributed by atoms with Crippen molar-refractivity contribution in [2.45, 2.75) is 32.0 Å². The largest absolute Gasteiger partial charge is 0.327 e. The molecule has 7 rings (SSSR count). The second-order valence-electron chi connectivity index (χ2n) is 10.3. The number of para-hydroxylation sites is 1. The lowest BCUT2D eigenvalue weighted by Gasteiger charge is -2.33. The van der Waals surface area contributed by atoms with Crippen LogP contribution in [0.5, 0.6) is 0 Å². The molecule has 0 bridgehead atoms. The number of aromatic nitrogens is 5. The number of hydrogen-bond donors (Lipinski definition) is 2. The van der Waals surface area contributed by atoms with Crippen molar-refractivity contribution in [1.82, 2.24) is 34.3 Å². The standard InChI is InChI=1S/C30H27FN8O2/c1-18-16-33-28-27(34-25(19-7-3-2-4-8-19)22-9-5-6-10-23(22)38(18)28)36-29(40)37-13-11-21(12-14-37)39-24-15-20(31)17-32-26(24)35-30(39)41/h2-10,15-17,21,27H,11-14H2,1H3,(H,36,40)(H,32,35,41). The molecule has 1 atom stereocenters. The van der Waals surface area contributed by atoms with Gasteiger partial charge in [-0.25, -0.2) is 23.9 Å². The first-order valence-electron chi connectivity index (χ1n) is 13.6. The van der Waals surface area contributed by atoms with Crippen molar-refractivity contribution in [3.63, 3.8) is 0 Å². The normalized spacial score (nSPS) is 17.1. The number of carbonyl (C=O) groups excluding carboxylic acids is 1. The van der Waals surface area contributed by atoms with Crippen molar-refractivity contribution in [1.29, 1.82) is 0 Å². The van der Waals surface area contributed by atoms with Crippen LogP contribution in [0.25, 0.3) is 16.9 Å². The fraction of sp³-hybridized carbons (Fsp3) is 0.233. The zero-order valence-electron chi connectivity index (χ0n) is 22.3. The number of amides is 2. The van der Waals surface area contributed by atoms with Gasteiger partial charge < -0.3 is 10.2 Å². The zero-order valence-corrected chi connectivity index (χ0v) is 22.3. The first kappa shape index (κ1) is 24.9. The topological polar surface area (TPSA) is 113 Å². The third-order valence-electron chi connectivity index (χ3n) is 7.83. The fourth-order valence-corrected chi connectivity index (χ4v) is 5.89. The van der Waals surface area contributed by atoms with Crippen LogP contribution in [-0.2, 0) is 0 Å². The molecule has 2 amide bonds. The Morgan fingerprint density at radius 3 is 2.59 bits per heavy atom. The van der Waals surface area contributed by atoms with Crippen LogP contribution in [0.2, 0.25) is 0 Å². The number of likely N-dealkylation sites (tertiary alicyclic amines) is 1. The summed E-state index contributed by atoms with van der Waals surface area (Å²) in [4.78, 5) is 44.4. The van der Waals surface area contributed by atoms with Crippen LogP contribution in [0.15, 0.2) is 82.8 Å². The van der Waals surface area contributed by atoms with Gasteiger partial charge >= 0.3 is 11.7 Å². The van der Waals surface area contributed by atoms with Crippen LogP contribution in [0, 0.1) is 12.7 Å². The minimum absolute atomic E-state index is 0.180. The molecule has 2 aliphatic rings. The summed E-state index contributed by atoms with van der Waals surface area (Å²) in [6, 6.07) is 18.8. The fourth-order valence-electron chi connectivity index (χ4n) is 5.89. The van der Waals surface area contributed by atoms with Crippen LogP contribution in [0.4, 0.5) is 9.18 Å². The van der Waals surface area contributed by atoms with Crippen molar-refractivity contribution in [3.05, 3.63) is 112 Å². The van der Waals surface area contributed by atoms with E-state index in [0.717, 1.165) is 34.4 Å². The Bertz CT molecular complexity index is 1860. The van der Waals surface area contributed by atoms with Crippen LogP contribution in [0.1, 0.15) is 47.7 Å². The predicted octanol–water partition coefficient (Wildman–Crippen LogP) is 4.25. The molecule has 10 nitrogen and oxygen atoms in total. The number of pyridine rings is 1. The number of piperidine rings is 1. The molecule has 0 radical (unpaired) electrons. The van der Waals surface area contributed by atoms with E-state index in [2.05, 4.69) is 20.3 Å². The van der Waals surface area contributed by atoms with E-state index >= 15 is 0 Å². The molecule has 41 heavy (non-hydrogen) atoms. The minimum Gasteiger partial charge on any atom is -0.325 e. The van der Waals surface area contributed by atoms with Crippen LogP contribution in [-0.4, -0.2) is 53.8 Å². The van der Waals surface area contributed by atoms with Crippen LogP contribution >= 0.6 is 0 Å². The van der Waals surface area contributed by atoms with E-state index in [1.807, 2.05) is 66.1 Å². The van der Waals surface area contributed by atoms with E-state index in [4.69, 9.17) is 4.99 Å². The third-order valence-corrected chi connectivity index (χ3v) is 7.83. The Hall–Kier alpha value is -5.06. The van der Waals surface area contributed by atoms with Gasteiger partial charge in [-0.1, -0.05) is 48.5 Å². The summed E-state index contributed by atoms with van der Waals surface area (Å²) < 4.78 is 17.5. The highest BCUT2D eigenvalue weighted by Crippen LogP contribution is 2.31. The Balaban J connectivity index is 1.17. The lowest BCUT2D eigenvalue weighted by Crippen LogP contribution is -2.46. The van der Waals surface area contributed by atoms with Crippen LogP contribution < -0.4 is 11.0 Å². The Morgan fingerprint density at radius 2 is 1.78 bits per heavy atom. The van der Waals surface area contributed by atoms with Gasteiger partial charge in [-0.15, -0.1) is 0 Å². The summed E-state index contributed by atoms with van der Waals surface area (Å²) >= 11 is 0. The number of rotatable bonds is 3. The quantitative estimate of drug-likeness (QED) is 0.350. The summed E-state index contributed by atoms with van der Waals surface area (Å²) in [6.07, 6.45) is 3.23. The molecule has 2 aromatic carbocycles. The molecule has 5 aromatic rings. The monoisotopic (exact) mass is 550 g/mol. The Labute approximate surface area is 234 Å². The van der Waals surface area contributed by atoms with Crippen molar-refractivity contribution in [2.24, 2.45) is 4.99 Å². The van der Waals surface area contributed by atoms with E-state index in [9.17, 15) is 14.0 Å². The molecular formula is C30H27FN8O2. The van der Waals surface area contributed by atoms with Crippen molar-refractivity contribution in [3.8, 4) is 5.69 Å². The molecule has 0 aliphatic carbocycles. The second-order valence-corrected chi connectivity index (χ2v) is 10.3. The zero-order chi connectivity index (χ0) is 28.1. The molecular weight excluding hydrogens is 523 g/mol. The number of imidazole rings is 2. The highest BCUT2D eigenvalue weighted by molar-refractivity contribution is 6.15. The number of aliphatic imine (C=N–C) groups is 1. The van der Waals surface area contributed by atoms with Gasteiger partial charge in [-0.05, 0) is 25.8 Å². The SMILES string of the molecule is Cc1cnc2n1-c1ccccc1C(c1ccccc1)=NC2NC(=O)N1CCC(n2c(=O)[nH]c3ncc(F)cc32)CC1. The van der Waals surface area contributed by atoms with Gasteiger partial charge in [0.1, 0.15) is 5.82 Å². The Morgan fingerprint density at radius 1 is 1.02 bits per heavy atom. The molecule has 2 N–H and O–H groups in total. The predicted molar refractivity (Wildman–Crippen MR) is 152 cm³/mol. The number of fused-ring (bicyclic) bond motifs is 4. The van der Waals surface area contributed by atoms with E-state index in [-0.39, 0.29) is 17.8 Å². The highest BCUT2D eigenvalue weighted by atomic mass is 19.1. The summed E-state index contributed by atoms with van der Waals surface area (Å²) in [5.74, 6) is 0.126. The van der Waals surface area contributed by atoms with E-state index in [1.165, 1.54) is 6.07 Å². The third kappa shape index (κ3) is 4.30. The number of nitrogens with zero attached hydrogens (tertiary/aromatic N) is 6. The number of halogens is 1. The van der Waals surface area contributed by atoms with E-state index in [1.54, 1.807) is 15.7 Å². The van der Waals surface area contributed by atoms with Gasteiger partial charge in [0, 0.05) is 48.2 Å². The summed E-state index contributed by atoms with van der Waals surface area (Å²) in [7, 11) is 0. The highest BCUT2D eigenvalue weighted by Gasteiger charge is 2.31. The molecule has 2 aliphatic heterocycles. The van der Waals surface area contributed by atoms with Gasteiger partial charge in [-0.2, -0.15) is 0 Å². The minimum atomic E-state index is -0.721. The molecule has 1 fully saturated rings. The number of nitrogens with one attached hydrogen (secondary N) is 2. The molecule has 5 heterocycles. The number of benzene rings is 2. The van der Waals surface area contributed by atoms with Gasteiger partial charge in [0.05, 0.1) is 23.1 Å². The van der Waals surface area contributed by atoms with E-state index in [0.29, 0.717) is 42.9 Å². The number of aryl methyl sites for hydroxylation is 1. The molecule has 3 aromatic heterocycles. The Kier molecular flexibility index (Phi) is 5.99. The number of hydrogen-bond acceptors (Lipinski definition) is 5. The lowest BCUT2D eigenvalue weighted by atomic mass is 10.0. The number of aromatic amines is 1. The molecule has 0 saturated carbocycles. The average molecular weight is 551 g/mol. The van der Waals surface area contributed by atoms with Crippen molar-refractivity contribution >= 4 is 22.9 Å². The van der Waals surface area contributed by atoms with Crippen molar-refractivity contribution in [2.75, 3.05) is 13.1 Å². The lowest BCUT2D eigenvalue weighted by molar-refractivity contribution is 0.168. The first-order chi connectivity index (χ1) is 20.0. The summed E-state index contributed by atoms with van der Waals surface area (Å²) in [6.45, 7) is 2.83. The van der Waals surface area contributed by atoms with Gasteiger partial charge in [0.25, 0.3) is 0 Å². The molecule has 1 saturated heterocycles. The summed E-state index contributed by atoms with van der Waals surface area (Å²) in [5.41, 5.74) is 5.01. The number of carbonyl (C=O) groups is 1. The van der Waals surface area contributed by atoms with E-state index < -0.39 is 12.0 Å². The number of H-pyrrole nitrogens is 1. The smallest absolute Gasteiger partial charge is 0.325 e. The molecule has 1 unspecified atom stereocenters. The maximum atomic E-state index is 13.9. The van der Waals surface area contributed by atoms with Crippen molar-refractivity contribution < 1.29 is 9.18 Å². The van der Waals surface area contributed by atoms with Crippen LogP contribution in [0.3, 0.4) is 0 Å². The molecule has 206 valence electrons. The maximum absolute atomic E-state index is 13.9. The van der Waals surface area contributed by atoms with Gasteiger partial charge in [0.2, 0.25) is 0 Å². The first-order valence-corrected chi connectivity index (χ1v) is 13.6. The average Bonchev–Trinajstić information content (AvgIpc) is 3.49.